The van der Waals surface area contributed by atoms with Gasteiger partial charge in [0.2, 0.25) is 0 Å². The quantitative estimate of drug-likeness (QED) is 0.908. The monoisotopic (exact) mass is 339 g/mol. The standard InChI is InChI=1S/C14H18BrN3O2/c1-9(2)8-18-14(19)13(15)12(7-17-18)16-6-11-5-4-10(3)20-11/h4-5,7,9,16H,6,8H2,1-3H3. The molecule has 0 saturated carbocycles. The summed E-state index contributed by atoms with van der Waals surface area (Å²) in [7, 11) is 0. The van der Waals surface area contributed by atoms with E-state index in [4.69, 9.17) is 4.42 Å². The first-order valence-electron chi connectivity index (χ1n) is 6.52. The topological polar surface area (TPSA) is 60.1 Å². The van der Waals surface area contributed by atoms with Gasteiger partial charge in [0.1, 0.15) is 16.0 Å². The van der Waals surface area contributed by atoms with Gasteiger partial charge in [0, 0.05) is 6.54 Å². The number of aromatic nitrogens is 2. The minimum absolute atomic E-state index is 0.126. The second kappa shape index (κ2) is 6.26. The van der Waals surface area contributed by atoms with Gasteiger partial charge in [-0.05, 0) is 40.9 Å². The molecule has 2 aromatic rings. The number of aryl methyl sites for hydroxylation is 1. The van der Waals surface area contributed by atoms with E-state index in [1.165, 1.54) is 4.68 Å². The van der Waals surface area contributed by atoms with Crippen molar-refractivity contribution in [1.82, 2.24) is 9.78 Å². The summed E-state index contributed by atoms with van der Waals surface area (Å²) in [5, 5.41) is 7.33. The molecular weight excluding hydrogens is 322 g/mol. The lowest BCUT2D eigenvalue weighted by Crippen LogP contribution is -2.26. The van der Waals surface area contributed by atoms with Crippen LogP contribution < -0.4 is 10.9 Å². The van der Waals surface area contributed by atoms with E-state index >= 15 is 0 Å². The molecule has 2 rings (SSSR count). The summed E-state index contributed by atoms with van der Waals surface area (Å²) in [5.41, 5.74) is 0.545. The highest BCUT2D eigenvalue weighted by molar-refractivity contribution is 9.10. The van der Waals surface area contributed by atoms with Crippen molar-refractivity contribution in [2.45, 2.75) is 33.9 Å². The molecule has 6 heteroatoms. The molecule has 0 spiro atoms. The van der Waals surface area contributed by atoms with Gasteiger partial charge in [-0.15, -0.1) is 0 Å². The minimum atomic E-state index is -0.126. The summed E-state index contributed by atoms with van der Waals surface area (Å²) in [6.45, 7) is 7.12. The average molecular weight is 340 g/mol. The average Bonchev–Trinajstić information content (AvgIpc) is 2.79. The Hall–Kier alpha value is -1.56. The van der Waals surface area contributed by atoms with E-state index in [1.54, 1.807) is 6.20 Å². The molecule has 0 fully saturated rings. The van der Waals surface area contributed by atoms with E-state index in [0.717, 1.165) is 11.5 Å². The summed E-state index contributed by atoms with van der Waals surface area (Å²) >= 11 is 3.33. The fourth-order valence-corrected chi connectivity index (χ4v) is 2.27. The number of anilines is 1. The SMILES string of the molecule is Cc1ccc(CNc2cnn(CC(C)C)c(=O)c2Br)o1. The largest absolute Gasteiger partial charge is 0.465 e. The zero-order chi connectivity index (χ0) is 14.7. The van der Waals surface area contributed by atoms with Crippen LogP contribution in [-0.4, -0.2) is 9.78 Å². The molecule has 0 atom stereocenters. The molecule has 0 aliphatic rings. The van der Waals surface area contributed by atoms with E-state index in [9.17, 15) is 4.79 Å². The van der Waals surface area contributed by atoms with Crippen molar-refractivity contribution in [2.75, 3.05) is 5.32 Å². The van der Waals surface area contributed by atoms with Crippen LogP contribution in [0.4, 0.5) is 5.69 Å². The molecule has 108 valence electrons. The fourth-order valence-electron chi connectivity index (χ4n) is 1.83. The maximum Gasteiger partial charge on any atom is 0.283 e. The Morgan fingerprint density at radius 1 is 1.45 bits per heavy atom. The number of nitrogens with zero attached hydrogens (tertiary/aromatic N) is 2. The summed E-state index contributed by atoms with van der Waals surface area (Å²) < 4.78 is 7.44. The lowest BCUT2D eigenvalue weighted by Gasteiger charge is -2.11. The number of rotatable bonds is 5. The van der Waals surface area contributed by atoms with Gasteiger partial charge in [0.15, 0.2) is 0 Å². The van der Waals surface area contributed by atoms with Crippen LogP contribution in [0.2, 0.25) is 0 Å². The van der Waals surface area contributed by atoms with Crippen molar-refractivity contribution in [3.8, 4) is 0 Å². The van der Waals surface area contributed by atoms with Gasteiger partial charge in [-0.3, -0.25) is 4.79 Å². The van der Waals surface area contributed by atoms with Gasteiger partial charge in [-0.2, -0.15) is 5.10 Å². The van der Waals surface area contributed by atoms with Crippen LogP contribution in [0.15, 0.2) is 32.0 Å². The second-order valence-electron chi connectivity index (χ2n) is 5.12. The van der Waals surface area contributed by atoms with Crippen molar-refractivity contribution in [3.63, 3.8) is 0 Å². The number of furan rings is 1. The first kappa shape index (κ1) is 14.8. The predicted octanol–water partition coefficient (Wildman–Crippen LogP) is 3.18. The summed E-state index contributed by atoms with van der Waals surface area (Å²) in [4.78, 5) is 12.1. The highest BCUT2D eigenvalue weighted by Gasteiger charge is 2.10. The molecule has 2 aromatic heterocycles. The Bertz CT molecular complexity index is 646. The third-order valence-electron chi connectivity index (χ3n) is 2.77. The van der Waals surface area contributed by atoms with E-state index in [2.05, 4.69) is 26.3 Å². The molecular formula is C14H18BrN3O2. The lowest BCUT2D eigenvalue weighted by atomic mass is 10.2. The predicted molar refractivity (Wildman–Crippen MR) is 81.8 cm³/mol. The Morgan fingerprint density at radius 2 is 2.20 bits per heavy atom. The molecule has 1 N–H and O–H groups in total. The van der Waals surface area contributed by atoms with Crippen molar-refractivity contribution in [1.29, 1.82) is 0 Å². The van der Waals surface area contributed by atoms with Gasteiger partial charge in [-0.1, -0.05) is 13.8 Å². The van der Waals surface area contributed by atoms with Crippen molar-refractivity contribution < 1.29 is 4.42 Å². The van der Waals surface area contributed by atoms with Gasteiger partial charge in [0.05, 0.1) is 18.4 Å². The molecule has 0 radical (unpaired) electrons. The highest BCUT2D eigenvalue weighted by Crippen LogP contribution is 2.18. The van der Waals surface area contributed by atoms with Crippen molar-refractivity contribution >= 4 is 21.6 Å². The second-order valence-corrected chi connectivity index (χ2v) is 5.91. The van der Waals surface area contributed by atoms with Gasteiger partial charge >= 0.3 is 0 Å². The van der Waals surface area contributed by atoms with Crippen molar-refractivity contribution in [2.24, 2.45) is 5.92 Å². The fraction of sp³-hybridized carbons (Fsp3) is 0.429. The summed E-state index contributed by atoms with van der Waals surface area (Å²) in [6.07, 6.45) is 1.66. The zero-order valence-electron chi connectivity index (χ0n) is 11.8. The van der Waals surface area contributed by atoms with Crippen LogP contribution in [0.5, 0.6) is 0 Å². The third-order valence-corrected chi connectivity index (χ3v) is 3.54. The Morgan fingerprint density at radius 3 is 2.80 bits per heavy atom. The first-order chi connectivity index (χ1) is 9.47. The first-order valence-corrected chi connectivity index (χ1v) is 7.31. The molecule has 20 heavy (non-hydrogen) atoms. The highest BCUT2D eigenvalue weighted by atomic mass is 79.9. The molecule has 0 aromatic carbocycles. The van der Waals surface area contributed by atoms with E-state index < -0.39 is 0 Å². The van der Waals surface area contributed by atoms with Crippen LogP contribution in [0.3, 0.4) is 0 Å². The number of halogens is 1. The molecule has 0 amide bonds. The van der Waals surface area contributed by atoms with Gasteiger partial charge in [0.25, 0.3) is 5.56 Å². The Balaban J connectivity index is 2.13. The summed E-state index contributed by atoms with van der Waals surface area (Å²) in [6, 6.07) is 3.81. The molecule has 0 aliphatic heterocycles. The van der Waals surface area contributed by atoms with Crippen molar-refractivity contribution in [3.05, 3.63) is 44.7 Å². The lowest BCUT2D eigenvalue weighted by molar-refractivity contribution is 0.462. The van der Waals surface area contributed by atoms with E-state index in [-0.39, 0.29) is 5.56 Å². The van der Waals surface area contributed by atoms with Crippen LogP contribution in [0.1, 0.15) is 25.4 Å². The Labute approximate surface area is 126 Å². The summed E-state index contributed by atoms with van der Waals surface area (Å²) in [5.74, 6) is 2.06. The molecule has 2 heterocycles. The molecule has 0 unspecified atom stereocenters. The van der Waals surface area contributed by atoms with Crippen LogP contribution >= 0.6 is 15.9 Å². The van der Waals surface area contributed by atoms with Gasteiger partial charge in [-0.25, -0.2) is 4.68 Å². The van der Waals surface area contributed by atoms with Crippen LogP contribution in [-0.2, 0) is 13.1 Å². The molecule has 0 aliphatic carbocycles. The Kier molecular flexibility index (Phi) is 4.65. The zero-order valence-corrected chi connectivity index (χ0v) is 13.4. The smallest absolute Gasteiger partial charge is 0.283 e. The number of nitrogens with one attached hydrogen (secondary N) is 1. The number of hydrogen-bond donors (Lipinski definition) is 1. The molecule has 0 saturated heterocycles. The van der Waals surface area contributed by atoms with Gasteiger partial charge < -0.3 is 9.73 Å². The maximum absolute atomic E-state index is 12.1. The van der Waals surface area contributed by atoms with Crippen LogP contribution in [0.25, 0.3) is 0 Å². The third kappa shape index (κ3) is 3.50. The number of hydrogen-bond acceptors (Lipinski definition) is 4. The molecule has 5 nitrogen and oxygen atoms in total. The molecule has 0 bridgehead atoms. The maximum atomic E-state index is 12.1. The van der Waals surface area contributed by atoms with Crippen LogP contribution in [0, 0.1) is 12.8 Å². The minimum Gasteiger partial charge on any atom is -0.465 e. The normalized spacial score (nSPS) is 11.1. The van der Waals surface area contributed by atoms with E-state index in [1.807, 2.05) is 32.9 Å². The van der Waals surface area contributed by atoms with E-state index in [0.29, 0.717) is 29.2 Å².